The van der Waals surface area contributed by atoms with Crippen LogP contribution in [0.1, 0.15) is 45.4 Å². The average molecular weight is 198 g/mol. The van der Waals surface area contributed by atoms with Gasteiger partial charge in [-0.25, -0.2) is 0 Å². The van der Waals surface area contributed by atoms with Crippen LogP contribution in [0.15, 0.2) is 4.99 Å². The molecule has 1 heterocycles. The molecule has 1 aliphatic heterocycles. The standard InChI is InChI=1S/C11H22N2O/c1-2-5-11(12)13-8-7-10-6-3-4-9-14-10/h10H,2-9H2,1H3,(H2,12,13). The van der Waals surface area contributed by atoms with Gasteiger partial charge in [-0.15, -0.1) is 0 Å². The zero-order valence-corrected chi connectivity index (χ0v) is 9.17. The van der Waals surface area contributed by atoms with Crippen LogP contribution in [-0.2, 0) is 4.74 Å². The van der Waals surface area contributed by atoms with E-state index in [4.69, 9.17) is 10.5 Å². The Bertz CT molecular complexity index is 174. The van der Waals surface area contributed by atoms with Crippen LogP contribution in [0.3, 0.4) is 0 Å². The highest BCUT2D eigenvalue weighted by atomic mass is 16.5. The van der Waals surface area contributed by atoms with Crippen molar-refractivity contribution in [1.29, 1.82) is 0 Å². The Morgan fingerprint density at radius 2 is 2.36 bits per heavy atom. The summed E-state index contributed by atoms with van der Waals surface area (Å²) in [5, 5.41) is 0. The summed E-state index contributed by atoms with van der Waals surface area (Å²) in [6.07, 6.45) is 7.19. The fourth-order valence-corrected chi connectivity index (χ4v) is 1.72. The maximum atomic E-state index is 5.71. The lowest BCUT2D eigenvalue weighted by atomic mass is 10.1. The molecule has 0 radical (unpaired) electrons. The summed E-state index contributed by atoms with van der Waals surface area (Å²) < 4.78 is 5.61. The van der Waals surface area contributed by atoms with Crippen LogP contribution in [0.2, 0.25) is 0 Å². The number of nitrogens with zero attached hydrogens (tertiary/aromatic N) is 1. The summed E-state index contributed by atoms with van der Waals surface area (Å²) in [4.78, 5) is 4.32. The van der Waals surface area contributed by atoms with Gasteiger partial charge in [0.1, 0.15) is 0 Å². The van der Waals surface area contributed by atoms with E-state index < -0.39 is 0 Å². The highest BCUT2D eigenvalue weighted by Crippen LogP contribution is 2.15. The van der Waals surface area contributed by atoms with Crippen molar-refractivity contribution in [2.45, 2.75) is 51.6 Å². The monoisotopic (exact) mass is 198 g/mol. The van der Waals surface area contributed by atoms with E-state index in [-0.39, 0.29) is 0 Å². The van der Waals surface area contributed by atoms with Gasteiger partial charge in [-0.1, -0.05) is 6.92 Å². The van der Waals surface area contributed by atoms with Crippen molar-refractivity contribution >= 4 is 5.84 Å². The summed E-state index contributed by atoms with van der Waals surface area (Å²) in [7, 11) is 0. The van der Waals surface area contributed by atoms with Crippen LogP contribution in [0, 0.1) is 0 Å². The SMILES string of the molecule is CCCC(N)=NCCC1CCCCO1. The van der Waals surface area contributed by atoms with Gasteiger partial charge in [0.15, 0.2) is 0 Å². The van der Waals surface area contributed by atoms with Crippen LogP contribution in [0.25, 0.3) is 0 Å². The summed E-state index contributed by atoms with van der Waals surface area (Å²) in [5.41, 5.74) is 5.71. The Morgan fingerprint density at radius 3 is 3.00 bits per heavy atom. The van der Waals surface area contributed by atoms with Crippen LogP contribution in [-0.4, -0.2) is 25.1 Å². The second kappa shape index (κ2) is 6.82. The first-order chi connectivity index (χ1) is 6.83. The molecule has 0 spiro atoms. The zero-order chi connectivity index (χ0) is 10.2. The first-order valence-corrected chi connectivity index (χ1v) is 5.73. The molecule has 1 atom stereocenters. The molecule has 3 heteroatoms. The molecule has 0 aromatic rings. The van der Waals surface area contributed by atoms with Crippen molar-refractivity contribution in [2.75, 3.05) is 13.2 Å². The van der Waals surface area contributed by atoms with E-state index in [0.29, 0.717) is 6.10 Å². The highest BCUT2D eigenvalue weighted by molar-refractivity contribution is 5.80. The van der Waals surface area contributed by atoms with Gasteiger partial charge < -0.3 is 10.5 Å². The van der Waals surface area contributed by atoms with Crippen LogP contribution in [0.4, 0.5) is 0 Å². The molecule has 1 rings (SSSR count). The molecule has 14 heavy (non-hydrogen) atoms. The number of hydrogen-bond acceptors (Lipinski definition) is 2. The van der Waals surface area contributed by atoms with Gasteiger partial charge in [0.25, 0.3) is 0 Å². The maximum Gasteiger partial charge on any atom is 0.0936 e. The molecule has 0 amide bonds. The van der Waals surface area contributed by atoms with Crippen molar-refractivity contribution in [3.05, 3.63) is 0 Å². The molecule has 1 fully saturated rings. The Morgan fingerprint density at radius 1 is 1.50 bits per heavy atom. The normalized spacial score (nSPS) is 23.8. The number of nitrogens with two attached hydrogens (primary N) is 1. The summed E-state index contributed by atoms with van der Waals surface area (Å²) in [5.74, 6) is 0.795. The molecule has 0 saturated carbocycles. The van der Waals surface area contributed by atoms with Crippen molar-refractivity contribution in [3.8, 4) is 0 Å². The molecular weight excluding hydrogens is 176 g/mol. The van der Waals surface area contributed by atoms with Gasteiger partial charge in [-0.3, -0.25) is 4.99 Å². The fraction of sp³-hybridized carbons (Fsp3) is 0.909. The van der Waals surface area contributed by atoms with E-state index >= 15 is 0 Å². The molecular formula is C11H22N2O. The molecule has 0 aromatic carbocycles. The summed E-state index contributed by atoms with van der Waals surface area (Å²) in [6.45, 7) is 3.88. The molecule has 2 N–H and O–H groups in total. The fourth-order valence-electron chi connectivity index (χ4n) is 1.72. The third-order valence-electron chi connectivity index (χ3n) is 2.55. The molecule has 1 aliphatic rings. The third-order valence-corrected chi connectivity index (χ3v) is 2.55. The molecule has 82 valence electrons. The van der Waals surface area contributed by atoms with Gasteiger partial charge >= 0.3 is 0 Å². The maximum absolute atomic E-state index is 5.71. The zero-order valence-electron chi connectivity index (χ0n) is 9.17. The van der Waals surface area contributed by atoms with Crippen molar-refractivity contribution in [1.82, 2.24) is 0 Å². The topological polar surface area (TPSA) is 47.6 Å². The van der Waals surface area contributed by atoms with E-state index in [1.165, 1.54) is 19.3 Å². The van der Waals surface area contributed by atoms with Gasteiger partial charge in [-0.2, -0.15) is 0 Å². The minimum Gasteiger partial charge on any atom is -0.387 e. The van der Waals surface area contributed by atoms with E-state index in [1.807, 2.05) is 0 Å². The first-order valence-electron chi connectivity index (χ1n) is 5.73. The van der Waals surface area contributed by atoms with E-state index in [9.17, 15) is 0 Å². The van der Waals surface area contributed by atoms with Gasteiger partial charge in [0.05, 0.1) is 11.9 Å². The van der Waals surface area contributed by atoms with Gasteiger partial charge in [0.2, 0.25) is 0 Å². The molecule has 0 aliphatic carbocycles. The van der Waals surface area contributed by atoms with E-state index in [1.54, 1.807) is 0 Å². The van der Waals surface area contributed by atoms with E-state index in [0.717, 1.165) is 38.2 Å². The largest absolute Gasteiger partial charge is 0.387 e. The quantitative estimate of drug-likeness (QED) is 0.543. The minimum atomic E-state index is 0.432. The van der Waals surface area contributed by atoms with Crippen LogP contribution in [0.5, 0.6) is 0 Å². The number of rotatable bonds is 5. The van der Waals surface area contributed by atoms with Gasteiger partial charge in [0, 0.05) is 19.6 Å². The molecule has 1 saturated heterocycles. The van der Waals surface area contributed by atoms with Crippen molar-refractivity contribution in [2.24, 2.45) is 10.7 Å². The number of ether oxygens (including phenoxy) is 1. The molecule has 0 aromatic heterocycles. The number of hydrogen-bond donors (Lipinski definition) is 1. The Balaban J connectivity index is 2.09. The average Bonchev–Trinajstić information content (AvgIpc) is 2.20. The molecule has 0 bridgehead atoms. The van der Waals surface area contributed by atoms with Gasteiger partial charge in [-0.05, 0) is 32.1 Å². The van der Waals surface area contributed by atoms with Crippen molar-refractivity contribution in [3.63, 3.8) is 0 Å². The lowest BCUT2D eigenvalue weighted by molar-refractivity contribution is 0.0129. The Kier molecular flexibility index (Phi) is 5.60. The molecule has 1 unspecified atom stereocenters. The summed E-state index contributed by atoms with van der Waals surface area (Å²) in [6, 6.07) is 0. The Labute approximate surface area is 86.7 Å². The lowest BCUT2D eigenvalue weighted by Gasteiger charge is -2.21. The smallest absolute Gasteiger partial charge is 0.0936 e. The number of amidine groups is 1. The first kappa shape index (κ1) is 11.5. The number of aliphatic imine (C=N–C) groups is 1. The summed E-state index contributed by atoms with van der Waals surface area (Å²) >= 11 is 0. The second-order valence-corrected chi connectivity index (χ2v) is 3.90. The predicted molar refractivity (Wildman–Crippen MR) is 59.6 cm³/mol. The predicted octanol–water partition coefficient (Wildman–Crippen LogP) is 2.10. The van der Waals surface area contributed by atoms with Crippen molar-refractivity contribution < 1.29 is 4.74 Å². The van der Waals surface area contributed by atoms with Crippen LogP contribution >= 0.6 is 0 Å². The third kappa shape index (κ3) is 4.61. The lowest BCUT2D eigenvalue weighted by Crippen LogP contribution is -2.20. The van der Waals surface area contributed by atoms with Crippen LogP contribution < -0.4 is 5.73 Å². The highest BCUT2D eigenvalue weighted by Gasteiger charge is 2.12. The Hall–Kier alpha value is -0.570. The minimum absolute atomic E-state index is 0.432. The van der Waals surface area contributed by atoms with E-state index in [2.05, 4.69) is 11.9 Å². The second-order valence-electron chi connectivity index (χ2n) is 3.90. The molecule has 3 nitrogen and oxygen atoms in total.